The van der Waals surface area contributed by atoms with Crippen LogP contribution < -0.4 is 4.74 Å². The van der Waals surface area contributed by atoms with Crippen molar-refractivity contribution >= 4 is 51.6 Å². The minimum absolute atomic E-state index is 0.0524. The fraction of sp³-hybridized carbons (Fsp3) is 0.0909. The lowest BCUT2D eigenvalue weighted by Crippen LogP contribution is -2.35. The Morgan fingerprint density at radius 2 is 2.03 bits per heavy atom. The lowest BCUT2D eigenvalue weighted by molar-refractivity contribution is -0.114. The molecule has 0 saturated carbocycles. The van der Waals surface area contributed by atoms with Crippen LogP contribution in [0.5, 0.6) is 5.75 Å². The van der Waals surface area contributed by atoms with Crippen molar-refractivity contribution in [1.29, 1.82) is 5.41 Å². The summed E-state index contributed by atoms with van der Waals surface area (Å²) < 4.78 is 16.8. The van der Waals surface area contributed by atoms with Gasteiger partial charge in [0.25, 0.3) is 5.91 Å². The highest BCUT2D eigenvalue weighted by Gasteiger charge is 2.36. The van der Waals surface area contributed by atoms with Crippen molar-refractivity contribution in [2.75, 3.05) is 6.61 Å². The molecule has 8 nitrogen and oxygen atoms in total. The van der Waals surface area contributed by atoms with Gasteiger partial charge in [-0.2, -0.15) is 15.1 Å². The molecule has 10 heteroatoms. The van der Waals surface area contributed by atoms with Gasteiger partial charge in [-0.3, -0.25) is 10.2 Å². The summed E-state index contributed by atoms with van der Waals surface area (Å²) in [5.41, 5.74) is 0.111. The SMILES string of the molecule is N=C1/C(=C\c2ccc(SCc3ccco3)o2)C(=O)N=C2SC(COc3ccccc3)=NN12. The number of hydrazone groups is 1. The number of benzene rings is 1. The standard InChI is InChI=1S/C22H16N4O4S2/c23-20-17(11-15-8-9-19(30-15)31-13-16-7-4-10-28-16)21(27)24-22-26(20)25-18(32-22)12-29-14-5-2-1-3-6-14/h1-11,23H,12-13H2/b17-11+,23-20?. The molecular formula is C22H16N4O4S2. The maximum atomic E-state index is 12.5. The Hall–Kier alpha value is -3.50. The topological polar surface area (TPSA) is 104 Å². The molecule has 0 bridgehead atoms. The Balaban J connectivity index is 1.27. The quantitative estimate of drug-likeness (QED) is 0.393. The van der Waals surface area contributed by atoms with Crippen LogP contribution in [0.4, 0.5) is 0 Å². The summed E-state index contributed by atoms with van der Waals surface area (Å²) in [6, 6.07) is 16.7. The highest BCUT2D eigenvalue weighted by Crippen LogP contribution is 2.30. The van der Waals surface area contributed by atoms with Crippen molar-refractivity contribution in [3.63, 3.8) is 0 Å². The number of hydrogen-bond donors (Lipinski definition) is 1. The lowest BCUT2D eigenvalue weighted by Gasteiger charge is -2.19. The molecule has 1 N–H and O–H groups in total. The lowest BCUT2D eigenvalue weighted by atomic mass is 10.1. The van der Waals surface area contributed by atoms with E-state index in [2.05, 4.69) is 10.1 Å². The van der Waals surface area contributed by atoms with E-state index in [1.165, 1.54) is 34.6 Å². The van der Waals surface area contributed by atoms with Crippen LogP contribution in [0.3, 0.4) is 0 Å². The molecule has 2 aliphatic heterocycles. The van der Waals surface area contributed by atoms with Gasteiger partial charge in [0.15, 0.2) is 10.9 Å². The van der Waals surface area contributed by atoms with Crippen molar-refractivity contribution in [3.05, 3.63) is 78.0 Å². The van der Waals surface area contributed by atoms with Gasteiger partial charge in [-0.05, 0) is 54.2 Å². The smallest absolute Gasteiger partial charge is 0.283 e. The van der Waals surface area contributed by atoms with Crippen molar-refractivity contribution in [2.24, 2.45) is 10.1 Å². The van der Waals surface area contributed by atoms with Crippen molar-refractivity contribution < 1.29 is 18.4 Å². The molecule has 0 atom stereocenters. The molecule has 5 rings (SSSR count). The van der Waals surface area contributed by atoms with Crippen LogP contribution in [0.25, 0.3) is 6.08 Å². The average Bonchev–Trinajstić information content (AvgIpc) is 3.55. The van der Waals surface area contributed by atoms with Crippen LogP contribution in [0.15, 0.2) is 90.5 Å². The van der Waals surface area contributed by atoms with Gasteiger partial charge in [-0.1, -0.05) is 30.0 Å². The van der Waals surface area contributed by atoms with Gasteiger partial charge >= 0.3 is 0 Å². The predicted molar refractivity (Wildman–Crippen MR) is 124 cm³/mol. The highest BCUT2D eigenvalue weighted by atomic mass is 32.2. The number of ether oxygens (including phenoxy) is 1. The number of aliphatic imine (C=N–C) groups is 1. The maximum absolute atomic E-state index is 12.5. The number of fused-ring (bicyclic) bond motifs is 1. The van der Waals surface area contributed by atoms with E-state index >= 15 is 0 Å². The number of hydrogen-bond acceptors (Lipinski definition) is 8. The Kier molecular flexibility index (Phi) is 5.70. The van der Waals surface area contributed by atoms with E-state index in [1.807, 2.05) is 48.5 Å². The first-order valence-electron chi connectivity index (χ1n) is 9.58. The monoisotopic (exact) mass is 464 g/mol. The first-order chi connectivity index (χ1) is 15.7. The molecule has 2 aromatic heterocycles. The molecule has 0 saturated heterocycles. The van der Waals surface area contributed by atoms with Gasteiger partial charge in [0, 0.05) is 0 Å². The van der Waals surface area contributed by atoms with E-state index in [4.69, 9.17) is 19.0 Å². The number of amides is 1. The number of carbonyl (C=O) groups excluding carboxylic acids is 1. The van der Waals surface area contributed by atoms with Crippen molar-refractivity contribution in [3.8, 4) is 5.75 Å². The molecular weight excluding hydrogens is 448 g/mol. The molecule has 32 heavy (non-hydrogen) atoms. The van der Waals surface area contributed by atoms with Gasteiger partial charge in [-0.15, -0.1) is 0 Å². The summed E-state index contributed by atoms with van der Waals surface area (Å²) in [4.78, 5) is 16.6. The number of furan rings is 2. The van der Waals surface area contributed by atoms with E-state index in [1.54, 1.807) is 12.3 Å². The molecule has 3 aromatic rings. The second-order valence-corrected chi connectivity index (χ2v) is 8.66. The predicted octanol–water partition coefficient (Wildman–Crippen LogP) is 4.86. The Labute approximate surface area is 191 Å². The Bertz CT molecular complexity index is 1250. The fourth-order valence-electron chi connectivity index (χ4n) is 2.92. The second kappa shape index (κ2) is 8.93. The van der Waals surface area contributed by atoms with Gasteiger partial charge in [0.1, 0.15) is 28.9 Å². The summed E-state index contributed by atoms with van der Waals surface area (Å²) in [6.07, 6.45) is 3.14. The molecule has 4 heterocycles. The van der Waals surface area contributed by atoms with Gasteiger partial charge < -0.3 is 13.6 Å². The number of nitrogens with one attached hydrogen (secondary N) is 1. The number of thioether (sulfide) groups is 2. The van der Waals surface area contributed by atoms with Crippen LogP contribution >= 0.6 is 23.5 Å². The molecule has 0 radical (unpaired) electrons. The van der Waals surface area contributed by atoms with Crippen LogP contribution in [-0.2, 0) is 10.5 Å². The first-order valence-corrected chi connectivity index (χ1v) is 11.4. The van der Waals surface area contributed by atoms with E-state index < -0.39 is 5.91 Å². The number of para-hydroxylation sites is 1. The summed E-state index contributed by atoms with van der Waals surface area (Å²) in [6.45, 7) is 0.221. The van der Waals surface area contributed by atoms with Crippen molar-refractivity contribution in [2.45, 2.75) is 10.8 Å². The molecule has 2 aliphatic rings. The number of rotatable bonds is 7. The summed E-state index contributed by atoms with van der Waals surface area (Å²) in [5, 5.41) is 15.8. The zero-order chi connectivity index (χ0) is 21.9. The molecule has 0 aliphatic carbocycles. The fourth-order valence-corrected chi connectivity index (χ4v) is 4.49. The third-order valence-electron chi connectivity index (χ3n) is 4.43. The summed E-state index contributed by atoms with van der Waals surface area (Å²) >= 11 is 2.69. The van der Waals surface area contributed by atoms with E-state index in [9.17, 15) is 4.79 Å². The van der Waals surface area contributed by atoms with Gasteiger partial charge in [-0.25, -0.2) is 0 Å². The van der Waals surface area contributed by atoms with Gasteiger partial charge in [0.05, 0.1) is 17.6 Å². The normalized spacial score (nSPS) is 16.9. The highest BCUT2D eigenvalue weighted by molar-refractivity contribution is 8.27. The zero-order valence-electron chi connectivity index (χ0n) is 16.6. The molecule has 0 spiro atoms. The van der Waals surface area contributed by atoms with Crippen LogP contribution in [0, 0.1) is 5.41 Å². The molecule has 0 unspecified atom stereocenters. The van der Waals surface area contributed by atoms with Crippen LogP contribution in [0.1, 0.15) is 11.5 Å². The molecule has 1 aromatic carbocycles. The zero-order valence-corrected chi connectivity index (χ0v) is 18.2. The Morgan fingerprint density at radius 1 is 1.16 bits per heavy atom. The number of nitrogens with zero attached hydrogens (tertiary/aromatic N) is 3. The van der Waals surface area contributed by atoms with E-state index in [-0.39, 0.29) is 18.0 Å². The van der Waals surface area contributed by atoms with E-state index in [0.29, 0.717) is 32.6 Å². The van der Waals surface area contributed by atoms with Crippen molar-refractivity contribution in [1.82, 2.24) is 5.01 Å². The summed E-state index contributed by atoms with van der Waals surface area (Å²) in [7, 11) is 0. The summed E-state index contributed by atoms with van der Waals surface area (Å²) in [5.74, 6) is 2.09. The number of amidine groups is 2. The molecule has 1 amide bonds. The minimum Gasteiger partial charge on any atom is -0.487 e. The third-order valence-corrected chi connectivity index (χ3v) is 6.24. The van der Waals surface area contributed by atoms with Gasteiger partial charge in [0.2, 0.25) is 5.17 Å². The molecule has 0 fully saturated rings. The average molecular weight is 465 g/mol. The maximum Gasteiger partial charge on any atom is 0.283 e. The molecule has 160 valence electrons. The number of carbonyl (C=O) groups is 1. The third kappa shape index (κ3) is 4.41. The van der Waals surface area contributed by atoms with Crippen LogP contribution in [-0.4, -0.2) is 33.6 Å². The van der Waals surface area contributed by atoms with E-state index in [0.717, 1.165) is 5.76 Å². The first kappa shape index (κ1) is 20.4. The van der Waals surface area contributed by atoms with Crippen LogP contribution in [0.2, 0.25) is 0 Å². The minimum atomic E-state index is -0.504. The Morgan fingerprint density at radius 3 is 2.84 bits per heavy atom. The second-order valence-electron chi connectivity index (χ2n) is 6.64. The largest absolute Gasteiger partial charge is 0.487 e.